The predicted octanol–water partition coefficient (Wildman–Crippen LogP) is 1.76. The van der Waals surface area contributed by atoms with Crippen LogP contribution in [0.25, 0.3) is 0 Å². The van der Waals surface area contributed by atoms with Crippen molar-refractivity contribution in [1.82, 2.24) is 0 Å². The van der Waals surface area contributed by atoms with Crippen molar-refractivity contribution >= 4 is 11.8 Å². The van der Waals surface area contributed by atoms with Crippen LogP contribution in [0.3, 0.4) is 0 Å². The summed E-state index contributed by atoms with van der Waals surface area (Å²) in [6.07, 6.45) is 0.271. The zero-order valence-electron chi connectivity index (χ0n) is 10.5. The van der Waals surface area contributed by atoms with Crippen molar-refractivity contribution < 1.29 is 14.3 Å². The number of anilines is 1. The Morgan fingerprint density at radius 1 is 1.44 bits per heavy atom. The summed E-state index contributed by atoms with van der Waals surface area (Å²) in [5.41, 5.74) is 6.31. The van der Waals surface area contributed by atoms with E-state index in [0.717, 1.165) is 17.9 Å². The lowest BCUT2D eigenvalue weighted by molar-refractivity contribution is 0.0888. The molecule has 1 atom stereocenters. The second-order valence-corrected chi connectivity index (χ2v) is 4.11. The highest BCUT2D eigenvalue weighted by Crippen LogP contribution is 2.23. The molecular formula is C13H18N2O3. The van der Waals surface area contributed by atoms with Crippen molar-refractivity contribution in [2.24, 2.45) is 5.73 Å². The molecule has 1 aliphatic rings. The summed E-state index contributed by atoms with van der Waals surface area (Å²) in [6, 6.07) is 7.41. The number of nitrogens with zero attached hydrogens (tertiary/aromatic N) is 1. The molecule has 1 fully saturated rings. The van der Waals surface area contributed by atoms with Crippen LogP contribution >= 0.6 is 0 Å². The number of cyclic esters (lactones) is 1. The highest BCUT2D eigenvalue weighted by molar-refractivity contribution is 5.88. The molecule has 1 aromatic carbocycles. The van der Waals surface area contributed by atoms with Crippen molar-refractivity contribution in [3.63, 3.8) is 0 Å². The fourth-order valence-electron chi connectivity index (χ4n) is 1.92. The minimum atomic E-state index is -0.333. The summed E-state index contributed by atoms with van der Waals surface area (Å²) in [5, 5.41) is 0. The summed E-state index contributed by atoms with van der Waals surface area (Å²) in [7, 11) is 0. The van der Waals surface area contributed by atoms with E-state index < -0.39 is 0 Å². The molecule has 0 bridgehead atoms. The Balaban J connectivity index is 2.05. The number of hydrogen-bond acceptors (Lipinski definition) is 4. The van der Waals surface area contributed by atoms with Gasteiger partial charge in [-0.2, -0.15) is 0 Å². The van der Waals surface area contributed by atoms with Gasteiger partial charge in [0.15, 0.2) is 0 Å². The average molecular weight is 250 g/mol. The molecule has 1 unspecified atom stereocenters. The van der Waals surface area contributed by atoms with Crippen LogP contribution in [-0.2, 0) is 4.74 Å². The minimum absolute atomic E-state index is 0.156. The molecule has 1 amide bonds. The molecule has 1 aromatic rings. The molecular weight excluding hydrogens is 232 g/mol. The van der Waals surface area contributed by atoms with Gasteiger partial charge in [-0.3, -0.25) is 4.90 Å². The fourth-order valence-corrected chi connectivity index (χ4v) is 1.92. The maximum Gasteiger partial charge on any atom is 0.414 e. The van der Waals surface area contributed by atoms with Crippen LogP contribution in [0.15, 0.2) is 24.3 Å². The zero-order chi connectivity index (χ0) is 13.0. The Labute approximate surface area is 106 Å². The smallest absolute Gasteiger partial charge is 0.414 e. The monoisotopic (exact) mass is 250 g/mol. The molecule has 5 heteroatoms. The number of carbonyl (C=O) groups excluding carboxylic acids is 1. The maximum atomic E-state index is 11.8. The zero-order valence-corrected chi connectivity index (χ0v) is 10.5. The topological polar surface area (TPSA) is 64.8 Å². The highest BCUT2D eigenvalue weighted by Gasteiger charge is 2.27. The lowest BCUT2D eigenvalue weighted by Crippen LogP contribution is -2.44. The largest absolute Gasteiger partial charge is 0.494 e. The average Bonchev–Trinajstić information content (AvgIpc) is 2.40. The van der Waals surface area contributed by atoms with Gasteiger partial charge in [0.25, 0.3) is 0 Å². The normalized spacial score (nSPS) is 19.6. The second-order valence-electron chi connectivity index (χ2n) is 4.11. The first-order valence-electron chi connectivity index (χ1n) is 6.15. The van der Waals surface area contributed by atoms with Gasteiger partial charge in [0, 0.05) is 25.2 Å². The van der Waals surface area contributed by atoms with Gasteiger partial charge in [-0.1, -0.05) is 0 Å². The molecule has 18 heavy (non-hydrogen) atoms. The molecule has 1 aliphatic heterocycles. The molecule has 0 aliphatic carbocycles. The Morgan fingerprint density at radius 2 is 2.17 bits per heavy atom. The molecule has 0 saturated carbocycles. The summed E-state index contributed by atoms with van der Waals surface area (Å²) in [5.74, 6) is 0.798. The van der Waals surface area contributed by atoms with E-state index in [4.69, 9.17) is 15.2 Å². The van der Waals surface area contributed by atoms with Gasteiger partial charge in [-0.25, -0.2) is 4.79 Å². The van der Waals surface area contributed by atoms with Gasteiger partial charge in [-0.15, -0.1) is 0 Å². The number of amides is 1. The first-order chi connectivity index (χ1) is 8.74. The Kier molecular flexibility index (Phi) is 4.04. The predicted molar refractivity (Wildman–Crippen MR) is 68.9 cm³/mol. The number of benzene rings is 1. The number of rotatable bonds is 4. The Hall–Kier alpha value is -1.75. The van der Waals surface area contributed by atoms with Crippen LogP contribution in [0.4, 0.5) is 10.5 Å². The SMILES string of the molecule is CCOc1ccc(N2CCC(CN)OC2=O)cc1. The van der Waals surface area contributed by atoms with E-state index in [1.165, 1.54) is 0 Å². The summed E-state index contributed by atoms with van der Waals surface area (Å²) >= 11 is 0. The summed E-state index contributed by atoms with van der Waals surface area (Å²) < 4.78 is 10.6. The van der Waals surface area contributed by atoms with E-state index in [-0.39, 0.29) is 12.2 Å². The first-order valence-corrected chi connectivity index (χ1v) is 6.15. The van der Waals surface area contributed by atoms with E-state index in [0.29, 0.717) is 19.7 Å². The number of ether oxygens (including phenoxy) is 2. The van der Waals surface area contributed by atoms with Crippen LogP contribution < -0.4 is 15.4 Å². The third kappa shape index (κ3) is 2.73. The van der Waals surface area contributed by atoms with E-state index >= 15 is 0 Å². The molecule has 98 valence electrons. The maximum absolute atomic E-state index is 11.8. The molecule has 0 spiro atoms. The molecule has 0 aromatic heterocycles. The highest BCUT2D eigenvalue weighted by atomic mass is 16.6. The molecule has 1 heterocycles. The van der Waals surface area contributed by atoms with Gasteiger partial charge in [0.05, 0.1) is 6.61 Å². The van der Waals surface area contributed by atoms with Gasteiger partial charge >= 0.3 is 6.09 Å². The number of hydrogen-bond donors (Lipinski definition) is 1. The Morgan fingerprint density at radius 3 is 2.72 bits per heavy atom. The van der Waals surface area contributed by atoms with Crippen LogP contribution in [0.5, 0.6) is 5.75 Å². The lowest BCUT2D eigenvalue weighted by atomic mass is 10.2. The van der Waals surface area contributed by atoms with Crippen LogP contribution in [-0.4, -0.2) is 31.9 Å². The van der Waals surface area contributed by atoms with Crippen molar-refractivity contribution in [1.29, 1.82) is 0 Å². The Bertz CT molecular complexity index is 405. The standard InChI is InChI=1S/C13H18N2O3/c1-2-17-11-5-3-10(4-6-11)15-8-7-12(9-14)18-13(15)16/h3-6,12H,2,7-9,14H2,1H3. The number of carbonyl (C=O) groups is 1. The quantitative estimate of drug-likeness (QED) is 0.884. The lowest BCUT2D eigenvalue weighted by Gasteiger charge is -2.31. The van der Waals surface area contributed by atoms with Crippen molar-refractivity contribution in [2.75, 3.05) is 24.6 Å². The summed E-state index contributed by atoms with van der Waals surface area (Å²) in [6.45, 7) is 3.57. The van der Waals surface area contributed by atoms with Gasteiger partial charge < -0.3 is 15.2 Å². The van der Waals surface area contributed by atoms with Gasteiger partial charge in [-0.05, 0) is 31.2 Å². The van der Waals surface area contributed by atoms with Crippen LogP contribution in [0, 0.1) is 0 Å². The van der Waals surface area contributed by atoms with E-state index in [1.54, 1.807) is 4.90 Å². The third-order valence-electron chi connectivity index (χ3n) is 2.88. The van der Waals surface area contributed by atoms with Crippen molar-refractivity contribution in [3.8, 4) is 5.75 Å². The number of nitrogens with two attached hydrogens (primary N) is 1. The second kappa shape index (κ2) is 5.73. The van der Waals surface area contributed by atoms with Crippen molar-refractivity contribution in [3.05, 3.63) is 24.3 Å². The van der Waals surface area contributed by atoms with E-state index in [1.807, 2.05) is 31.2 Å². The van der Waals surface area contributed by atoms with E-state index in [9.17, 15) is 4.79 Å². The molecule has 0 radical (unpaired) electrons. The molecule has 1 saturated heterocycles. The summed E-state index contributed by atoms with van der Waals surface area (Å²) in [4.78, 5) is 13.4. The van der Waals surface area contributed by atoms with Gasteiger partial charge in [0.1, 0.15) is 11.9 Å². The van der Waals surface area contributed by atoms with Crippen LogP contribution in [0.2, 0.25) is 0 Å². The van der Waals surface area contributed by atoms with Crippen molar-refractivity contribution in [2.45, 2.75) is 19.4 Å². The molecule has 2 N–H and O–H groups in total. The first kappa shape index (κ1) is 12.7. The van der Waals surface area contributed by atoms with Gasteiger partial charge in [0.2, 0.25) is 0 Å². The fraction of sp³-hybridized carbons (Fsp3) is 0.462. The van der Waals surface area contributed by atoms with Crippen LogP contribution in [0.1, 0.15) is 13.3 Å². The minimum Gasteiger partial charge on any atom is -0.494 e. The third-order valence-corrected chi connectivity index (χ3v) is 2.88. The molecule has 2 rings (SSSR count). The van der Waals surface area contributed by atoms with E-state index in [2.05, 4.69) is 0 Å². The molecule has 5 nitrogen and oxygen atoms in total.